The van der Waals surface area contributed by atoms with Crippen molar-refractivity contribution in [2.24, 2.45) is 0 Å². The minimum atomic E-state index is -0.204. The molecule has 2 aliphatic heterocycles. The summed E-state index contributed by atoms with van der Waals surface area (Å²) in [6.07, 6.45) is 4.41. The van der Waals surface area contributed by atoms with Crippen LogP contribution in [0.15, 0.2) is 6.07 Å². The molecule has 0 amide bonds. The van der Waals surface area contributed by atoms with Gasteiger partial charge in [-0.05, 0) is 30.9 Å². The summed E-state index contributed by atoms with van der Waals surface area (Å²) >= 11 is 0. The lowest BCUT2D eigenvalue weighted by molar-refractivity contribution is 0.0480. The molecule has 2 aliphatic rings. The Balaban J connectivity index is 2.12. The molecule has 114 valence electrons. The predicted molar refractivity (Wildman–Crippen MR) is 83.0 cm³/mol. The van der Waals surface area contributed by atoms with E-state index in [4.69, 9.17) is 9.72 Å². The van der Waals surface area contributed by atoms with Crippen molar-refractivity contribution in [2.75, 3.05) is 24.6 Å². The van der Waals surface area contributed by atoms with E-state index >= 15 is 0 Å². The van der Waals surface area contributed by atoms with Crippen LogP contribution in [0.3, 0.4) is 0 Å². The highest BCUT2D eigenvalue weighted by molar-refractivity contribution is 5.97. The van der Waals surface area contributed by atoms with E-state index in [9.17, 15) is 4.79 Å². The SMILES string of the molecule is CC(C)(C)c1cc2c(c(N3CCCCC3)n1)C(=O)OCC2. The molecule has 0 saturated carbocycles. The Morgan fingerprint density at radius 1 is 1.19 bits per heavy atom. The first-order valence-electron chi connectivity index (χ1n) is 7.93. The van der Waals surface area contributed by atoms with E-state index in [2.05, 4.69) is 31.7 Å². The Hall–Kier alpha value is -1.58. The normalized spacial score (nSPS) is 19.2. The van der Waals surface area contributed by atoms with Gasteiger partial charge in [-0.25, -0.2) is 9.78 Å². The van der Waals surface area contributed by atoms with E-state index in [1.54, 1.807) is 0 Å². The molecule has 1 fully saturated rings. The summed E-state index contributed by atoms with van der Waals surface area (Å²) in [7, 11) is 0. The third-order valence-electron chi connectivity index (χ3n) is 4.31. The zero-order chi connectivity index (χ0) is 15.0. The van der Waals surface area contributed by atoms with Crippen LogP contribution in [0.25, 0.3) is 0 Å². The second-order valence-corrected chi connectivity index (χ2v) is 7.05. The number of carbonyl (C=O) groups is 1. The molecule has 21 heavy (non-hydrogen) atoms. The molecule has 1 aromatic rings. The van der Waals surface area contributed by atoms with Crippen LogP contribution in [-0.2, 0) is 16.6 Å². The Morgan fingerprint density at radius 2 is 1.90 bits per heavy atom. The molecule has 4 nitrogen and oxygen atoms in total. The van der Waals surface area contributed by atoms with Crippen molar-refractivity contribution < 1.29 is 9.53 Å². The van der Waals surface area contributed by atoms with Crippen LogP contribution in [0.5, 0.6) is 0 Å². The number of cyclic esters (lactones) is 1. The van der Waals surface area contributed by atoms with E-state index in [-0.39, 0.29) is 11.4 Å². The van der Waals surface area contributed by atoms with Crippen molar-refractivity contribution in [3.05, 3.63) is 22.9 Å². The molecule has 0 aliphatic carbocycles. The van der Waals surface area contributed by atoms with Gasteiger partial charge in [0.1, 0.15) is 11.4 Å². The number of nitrogens with zero attached hydrogens (tertiary/aromatic N) is 2. The molecular weight excluding hydrogens is 264 g/mol. The van der Waals surface area contributed by atoms with Crippen molar-refractivity contribution in [1.29, 1.82) is 0 Å². The van der Waals surface area contributed by atoms with Gasteiger partial charge in [-0.1, -0.05) is 20.8 Å². The number of piperidine rings is 1. The predicted octanol–water partition coefficient (Wildman–Crippen LogP) is 3.08. The fraction of sp³-hybridized carbons (Fsp3) is 0.647. The Bertz CT molecular complexity index is 555. The number of ether oxygens (including phenoxy) is 1. The van der Waals surface area contributed by atoms with Crippen LogP contribution in [-0.4, -0.2) is 30.6 Å². The maximum Gasteiger partial charge on any atom is 0.342 e. The molecule has 0 bridgehead atoms. The first-order chi connectivity index (χ1) is 9.97. The summed E-state index contributed by atoms with van der Waals surface area (Å²) in [5, 5.41) is 0. The number of rotatable bonds is 1. The zero-order valence-corrected chi connectivity index (χ0v) is 13.2. The van der Waals surface area contributed by atoms with Crippen LogP contribution >= 0.6 is 0 Å². The molecule has 0 N–H and O–H groups in total. The molecule has 3 heterocycles. The highest BCUT2D eigenvalue weighted by Gasteiger charge is 2.30. The molecule has 0 spiro atoms. The summed E-state index contributed by atoms with van der Waals surface area (Å²) in [6.45, 7) is 8.97. The second-order valence-electron chi connectivity index (χ2n) is 7.05. The third-order valence-corrected chi connectivity index (χ3v) is 4.31. The van der Waals surface area contributed by atoms with Gasteiger partial charge in [0.25, 0.3) is 0 Å². The molecule has 0 unspecified atom stereocenters. The minimum absolute atomic E-state index is 0.0130. The first kappa shape index (κ1) is 14.4. The van der Waals surface area contributed by atoms with Crippen LogP contribution in [0.4, 0.5) is 5.82 Å². The molecule has 4 heteroatoms. The van der Waals surface area contributed by atoms with E-state index < -0.39 is 0 Å². The number of esters is 1. The molecular formula is C17H24N2O2. The number of hydrogen-bond acceptors (Lipinski definition) is 4. The van der Waals surface area contributed by atoms with E-state index in [0.717, 1.165) is 36.6 Å². The van der Waals surface area contributed by atoms with Crippen LogP contribution in [0.2, 0.25) is 0 Å². The standard InChI is InChI=1S/C17H24N2O2/c1-17(2,3)13-11-12-7-10-21-16(20)14(12)15(18-13)19-8-5-4-6-9-19/h11H,4-10H2,1-3H3. The Labute approximate surface area is 126 Å². The summed E-state index contributed by atoms with van der Waals surface area (Å²) in [5.41, 5.74) is 2.86. The zero-order valence-electron chi connectivity index (χ0n) is 13.2. The van der Waals surface area contributed by atoms with Gasteiger partial charge >= 0.3 is 5.97 Å². The number of anilines is 1. The average Bonchev–Trinajstić information content (AvgIpc) is 2.46. The molecule has 3 rings (SSSR count). The van der Waals surface area contributed by atoms with E-state index in [1.165, 1.54) is 19.3 Å². The number of pyridine rings is 1. The highest BCUT2D eigenvalue weighted by Crippen LogP contribution is 2.32. The van der Waals surface area contributed by atoms with Crippen molar-refractivity contribution in [3.63, 3.8) is 0 Å². The molecule has 0 atom stereocenters. The summed E-state index contributed by atoms with van der Waals surface area (Å²) in [5.74, 6) is 0.645. The fourth-order valence-corrected chi connectivity index (χ4v) is 3.05. The topological polar surface area (TPSA) is 42.4 Å². The smallest absolute Gasteiger partial charge is 0.342 e. The van der Waals surface area contributed by atoms with Crippen molar-refractivity contribution >= 4 is 11.8 Å². The summed E-state index contributed by atoms with van der Waals surface area (Å²) < 4.78 is 5.26. The van der Waals surface area contributed by atoms with Gasteiger partial charge in [0.15, 0.2) is 0 Å². The first-order valence-corrected chi connectivity index (χ1v) is 7.93. The number of fused-ring (bicyclic) bond motifs is 1. The molecule has 0 radical (unpaired) electrons. The fourth-order valence-electron chi connectivity index (χ4n) is 3.05. The van der Waals surface area contributed by atoms with Crippen molar-refractivity contribution in [3.8, 4) is 0 Å². The lowest BCUT2D eigenvalue weighted by Gasteiger charge is -2.32. The van der Waals surface area contributed by atoms with E-state index in [1.807, 2.05) is 0 Å². The minimum Gasteiger partial charge on any atom is -0.462 e. The van der Waals surface area contributed by atoms with Gasteiger partial charge in [-0.2, -0.15) is 0 Å². The van der Waals surface area contributed by atoms with Gasteiger partial charge in [0.05, 0.1) is 6.61 Å². The number of carbonyl (C=O) groups excluding carboxylic acids is 1. The summed E-state index contributed by atoms with van der Waals surface area (Å²) in [4.78, 5) is 19.3. The lowest BCUT2D eigenvalue weighted by atomic mass is 9.88. The second kappa shape index (κ2) is 5.32. The number of aromatic nitrogens is 1. The monoisotopic (exact) mass is 288 g/mol. The van der Waals surface area contributed by atoms with Crippen molar-refractivity contribution in [2.45, 2.75) is 51.9 Å². The van der Waals surface area contributed by atoms with Crippen LogP contribution in [0, 0.1) is 0 Å². The van der Waals surface area contributed by atoms with Crippen LogP contribution in [0.1, 0.15) is 61.6 Å². The summed E-state index contributed by atoms with van der Waals surface area (Å²) in [6, 6.07) is 2.10. The van der Waals surface area contributed by atoms with Crippen LogP contribution < -0.4 is 4.90 Å². The Kier molecular flexibility index (Phi) is 3.64. The third kappa shape index (κ3) is 2.76. The molecule has 1 saturated heterocycles. The van der Waals surface area contributed by atoms with E-state index in [0.29, 0.717) is 12.2 Å². The quantitative estimate of drug-likeness (QED) is 0.745. The number of hydrogen-bond donors (Lipinski definition) is 0. The molecule has 1 aromatic heterocycles. The van der Waals surface area contributed by atoms with Gasteiger partial charge in [-0.3, -0.25) is 0 Å². The van der Waals surface area contributed by atoms with Gasteiger partial charge < -0.3 is 9.64 Å². The maximum absolute atomic E-state index is 12.2. The average molecular weight is 288 g/mol. The Morgan fingerprint density at radius 3 is 2.57 bits per heavy atom. The van der Waals surface area contributed by atoms with Gasteiger partial charge in [-0.15, -0.1) is 0 Å². The van der Waals surface area contributed by atoms with Crippen molar-refractivity contribution in [1.82, 2.24) is 4.98 Å². The molecule has 0 aromatic carbocycles. The van der Waals surface area contributed by atoms with Gasteiger partial charge in [0, 0.05) is 30.6 Å². The highest BCUT2D eigenvalue weighted by atomic mass is 16.5. The maximum atomic E-state index is 12.2. The lowest BCUT2D eigenvalue weighted by Crippen LogP contribution is -2.34. The van der Waals surface area contributed by atoms with Gasteiger partial charge in [0.2, 0.25) is 0 Å². The largest absolute Gasteiger partial charge is 0.462 e.